The molecule has 17 heavy (non-hydrogen) atoms. The van der Waals surface area contributed by atoms with Crippen LogP contribution in [0.15, 0.2) is 23.4 Å². The summed E-state index contributed by atoms with van der Waals surface area (Å²) >= 11 is 5.73. The second kappa shape index (κ2) is 4.71. The minimum atomic E-state index is -0.513. The number of halogens is 1. The number of urea groups is 1. The molecule has 1 aromatic rings. The number of carbonyl (C=O) groups is 1. The highest BCUT2D eigenvalue weighted by molar-refractivity contribution is 6.29. The Morgan fingerprint density at radius 2 is 2.35 bits per heavy atom. The molecular formula is C11H13ClN4O. The molecule has 0 aromatic carbocycles. The lowest BCUT2D eigenvalue weighted by Crippen LogP contribution is -2.29. The molecule has 0 radical (unpaired) electrons. The van der Waals surface area contributed by atoms with Crippen molar-refractivity contribution < 1.29 is 4.79 Å². The number of pyridine rings is 1. The molecule has 1 aliphatic rings. The summed E-state index contributed by atoms with van der Waals surface area (Å²) in [6.45, 7) is 2.57. The van der Waals surface area contributed by atoms with Crippen LogP contribution in [0.5, 0.6) is 0 Å². The molecule has 1 aliphatic heterocycles. The van der Waals surface area contributed by atoms with Gasteiger partial charge in [-0.3, -0.25) is 0 Å². The molecule has 0 spiro atoms. The molecule has 2 amide bonds. The number of aromatic nitrogens is 1. The Labute approximate surface area is 104 Å². The van der Waals surface area contributed by atoms with Crippen LogP contribution in [-0.4, -0.2) is 28.3 Å². The zero-order valence-electron chi connectivity index (χ0n) is 9.43. The van der Waals surface area contributed by atoms with Gasteiger partial charge in [0.25, 0.3) is 0 Å². The van der Waals surface area contributed by atoms with E-state index in [0.29, 0.717) is 11.7 Å². The molecule has 0 saturated heterocycles. The first kappa shape index (κ1) is 11.9. The van der Waals surface area contributed by atoms with Crippen LogP contribution in [0, 0.1) is 0 Å². The summed E-state index contributed by atoms with van der Waals surface area (Å²) < 4.78 is 0. The van der Waals surface area contributed by atoms with Gasteiger partial charge in [-0.1, -0.05) is 24.6 Å². The van der Waals surface area contributed by atoms with Crippen molar-refractivity contribution >= 4 is 23.3 Å². The van der Waals surface area contributed by atoms with Crippen molar-refractivity contribution in [2.75, 3.05) is 6.54 Å². The van der Waals surface area contributed by atoms with Crippen molar-refractivity contribution in [2.45, 2.75) is 19.3 Å². The van der Waals surface area contributed by atoms with E-state index in [0.717, 1.165) is 17.7 Å². The van der Waals surface area contributed by atoms with Gasteiger partial charge in [-0.25, -0.2) is 14.8 Å². The fourth-order valence-corrected chi connectivity index (χ4v) is 1.89. The second-order valence-corrected chi connectivity index (χ2v) is 4.33. The van der Waals surface area contributed by atoms with E-state index in [1.54, 1.807) is 12.3 Å². The van der Waals surface area contributed by atoms with E-state index >= 15 is 0 Å². The third-order valence-electron chi connectivity index (χ3n) is 2.83. The first-order chi connectivity index (χ1) is 8.08. The molecule has 5 nitrogen and oxygen atoms in total. The summed E-state index contributed by atoms with van der Waals surface area (Å²) in [6, 6.07) is 3.14. The first-order valence-electron chi connectivity index (χ1n) is 5.33. The molecule has 0 fully saturated rings. The summed E-state index contributed by atoms with van der Waals surface area (Å²) in [5, 5.41) is 5.95. The van der Waals surface area contributed by atoms with Gasteiger partial charge in [-0.2, -0.15) is 5.10 Å². The van der Waals surface area contributed by atoms with Gasteiger partial charge >= 0.3 is 6.03 Å². The molecule has 2 N–H and O–H groups in total. The quantitative estimate of drug-likeness (QED) is 0.818. The predicted octanol–water partition coefficient (Wildman–Crippen LogP) is 1.98. The third kappa shape index (κ3) is 2.55. The Hall–Kier alpha value is -1.62. The van der Waals surface area contributed by atoms with Crippen molar-refractivity contribution in [3.63, 3.8) is 0 Å². The highest BCUT2D eigenvalue weighted by Crippen LogP contribution is 2.22. The lowest BCUT2D eigenvalue weighted by molar-refractivity contribution is 0.215. The van der Waals surface area contributed by atoms with E-state index in [9.17, 15) is 4.79 Å². The normalized spacial score (nSPS) is 16.8. The standard InChI is InChI=1S/C11H13ClN4O/c1-7(8-2-3-10(12)14-6-8)9-4-5-16(15-9)11(13)17/h2-3,6-7H,4-5H2,1H3,(H2,13,17)/t7-/m1/s1. The predicted molar refractivity (Wildman–Crippen MR) is 66.0 cm³/mol. The van der Waals surface area contributed by atoms with Gasteiger partial charge in [0, 0.05) is 24.2 Å². The Morgan fingerprint density at radius 3 is 2.88 bits per heavy atom. The average molecular weight is 253 g/mol. The molecule has 1 atom stereocenters. The molecule has 1 aromatic heterocycles. The Bertz CT molecular complexity index is 457. The monoisotopic (exact) mass is 252 g/mol. The number of hydrogen-bond donors (Lipinski definition) is 1. The molecule has 6 heteroatoms. The minimum absolute atomic E-state index is 0.115. The molecule has 0 saturated carbocycles. The Kier molecular flexibility index (Phi) is 3.28. The number of hydrazone groups is 1. The van der Waals surface area contributed by atoms with Crippen molar-refractivity contribution in [1.29, 1.82) is 0 Å². The smallest absolute Gasteiger partial charge is 0.335 e. The van der Waals surface area contributed by atoms with Gasteiger partial charge in [-0.15, -0.1) is 0 Å². The number of nitrogens with zero attached hydrogens (tertiary/aromatic N) is 3. The number of rotatable bonds is 2. The van der Waals surface area contributed by atoms with Crippen molar-refractivity contribution in [1.82, 2.24) is 9.99 Å². The van der Waals surface area contributed by atoms with Crippen LogP contribution in [0.4, 0.5) is 4.79 Å². The number of amides is 2. The number of carbonyl (C=O) groups excluding carboxylic acids is 1. The van der Waals surface area contributed by atoms with E-state index in [4.69, 9.17) is 17.3 Å². The van der Waals surface area contributed by atoms with Crippen molar-refractivity contribution in [3.05, 3.63) is 29.0 Å². The highest BCUT2D eigenvalue weighted by atomic mass is 35.5. The molecule has 0 bridgehead atoms. The van der Waals surface area contributed by atoms with Crippen molar-refractivity contribution in [2.24, 2.45) is 10.8 Å². The van der Waals surface area contributed by atoms with Gasteiger partial charge in [0.15, 0.2) is 0 Å². The second-order valence-electron chi connectivity index (χ2n) is 3.94. The Morgan fingerprint density at radius 1 is 1.59 bits per heavy atom. The van der Waals surface area contributed by atoms with Crippen LogP contribution in [0.25, 0.3) is 0 Å². The maximum absolute atomic E-state index is 11.0. The topological polar surface area (TPSA) is 71.6 Å². The van der Waals surface area contributed by atoms with E-state index < -0.39 is 6.03 Å². The van der Waals surface area contributed by atoms with Gasteiger partial charge < -0.3 is 5.73 Å². The third-order valence-corrected chi connectivity index (χ3v) is 3.06. The fourth-order valence-electron chi connectivity index (χ4n) is 1.77. The first-order valence-corrected chi connectivity index (χ1v) is 5.71. The van der Waals surface area contributed by atoms with Crippen LogP contribution < -0.4 is 5.73 Å². The number of hydrogen-bond acceptors (Lipinski definition) is 3. The lowest BCUT2D eigenvalue weighted by Gasteiger charge is -2.10. The molecule has 0 aliphatic carbocycles. The Balaban J connectivity index is 2.16. The van der Waals surface area contributed by atoms with Crippen LogP contribution in [0.2, 0.25) is 5.15 Å². The summed E-state index contributed by atoms with van der Waals surface area (Å²) in [7, 11) is 0. The van der Waals surface area contributed by atoms with Crippen LogP contribution in [0.1, 0.15) is 24.8 Å². The van der Waals surface area contributed by atoms with Gasteiger partial charge in [0.2, 0.25) is 0 Å². The van der Waals surface area contributed by atoms with E-state index in [1.165, 1.54) is 5.01 Å². The summed E-state index contributed by atoms with van der Waals surface area (Å²) in [4.78, 5) is 15.0. The maximum Gasteiger partial charge on any atom is 0.335 e. The summed E-state index contributed by atoms with van der Waals surface area (Å²) in [6.07, 6.45) is 2.47. The zero-order chi connectivity index (χ0) is 12.4. The molecular weight excluding hydrogens is 240 g/mol. The van der Waals surface area contributed by atoms with Gasteiger partial charge in [0.1, 0.15) is 5.15 Å². The van der Waals surface area contributed by atoms with Crippen LogP contribution in [-0.2, 0) is 0 Å². The fraction of sp³-hybridized carbons (Fsp3) is 0.364. The molecule has 2 heterocycles. The SMILES string of the molecule is C[C@@H](C1=NN(C(N)=O)CC1)c1ccc(Cl)nc1. The number of nitrogens with two attached hydrogens (primary N) is 1. The van der Waals surface area contributed by atoms with E-state index in [-0.39, 0.29) is 5.92 Å². The van der Waals surface area contributed by atoms with Crippen LogP contribution in [0.3, 0.4) is 0 Å². The maximum atomic E-state index is 11.0. The summed E-state index contributed by atoms with van der Waals surface area (Å²) in [5.41, 5.74) is 7.13. The average Bonchev–Trinajstić information content (AvgIpc) is 2.78. The van der Waals surface area contributed by atoms with Crippen LogP contribution >= 0.6 is 11.6 Å². The van der Waals surface area contributed by atoms with E-state index in [1.807, 2.05) is 13.0 Å². The number of primary amides is 1. The zero-order valence-corrected chi connectivity index (χ0v) is 10.2. The summed E-state index contributed by atoms with van der Waals surface area (Å²) in [5.74, 6) is 0.115. The van der Waals surface area contributed by atoms with E-state index in [2.05, 4.69) is 10.1 Å². The lowest BCUT2D eigenvalue weighted by atomic mass is 9.96. The van der Waals surface area contributed by atoms with Gasteiger partial charge in [-0.05, 0) is 11.6 Å². The highest BCUT2D eigenvalue weighted by Gasteiger charge is 2.23. The largest absolute Gasteiger partial charge is 0.350 e. The molecule has 2 rings (SSSR count). The molecule has 0 unspecified atom stereocenters. The molecule has 90 valence electrons. The minimum Gasteiger partial charge on any atom is -0.350 e. The van der Waals surface area contributed by atoms with Gasteiger partial charge in [0.05, 0.1) is 6.54 Å². The van der Waals surface area contributed by atoms with Crippen molar-refractivity contribution in [3.8, 4) is 0 Å².